The van der Waals surface area contributed by atoms with E-state index in [4.69, 9.17) is 0 Å². The van der Waals surface area contributed by atoms with Crippen molar-refractivity contribution >= 4 is 11.7 Å². The molecular formula is C22H22F2N4O. The van der Waals surface area contributed by atoms with Crippen LogP contribution in [0.25, 0.3) is 0 Å². The van der Waals surface area contributed by atoms with Crippen LogP contribution in [-0.2, 0) is 0 Å². The average Bonchev–Trinajstić information content (AvgIpc) is 3.52. The molecule has 2 aliphatic rings. The first kappa shape index (κ1) is 19.2. The molecule has 4 rings (SSSR count). The van der Waals surface area contributed by atoms with E-state index in [1.807, 2.05) is 18.2 Å². The normalized spacial score (nSPS) is 21.3. The number of rotatable bonds is 3. The molecule has 150 valence electrons. The van der Waals surface area contributed by atoms with Gasteiger partial charge in [0.25, 0.3) is 0 Å². The Morgan fingerprint density at radius 3 is 2.72 bits per heavy atom. The van der Waals surface area contributed by atoms with Crippen molar-refractivity contribution in [3.8, 4) is 6.07 Å². The van der Waals surface area contributed by atoms with Crippen LogP contribution in [0.5, 0.6) is 0 Å². The van der Waals surface area contributed by atoms with Crippen molar-refractivity contribution in [2.45, 2.75) is 24.8 Å². The Hall–Kier alpha value is -3.14. The van der Waals surface area contributed by atoms with Gasteiger partial charge in [-0.15, -0.1) is 0 Å². The summed E-state index contributed by atoms with van der Waals surface area (Å²) in [6, 6.07) is 13.5. The first-order chi connectivity index (χ1) is 14.1. The van der Waals surface area contributed by atoms with Crippen LogP contribution in [0, 0.1) is 23.0 Å². The Morgan fingerprint density at radius 2 is 1.90 bits per heavy atom. The summed E-state index contributed by atoms with van der Waals surface area (Å²) in [4.78, 5) is 16.6. The molecule has 1 saturated heterocycles. The van der Waals surface area contributed by atoms with Crippen LogP contribution in [0.15, 0.2) is 42.5 Å². The van der Waals surface area contributed by atoms with Crippen molar-refractivity contribution in [2.24, 2.45) is 0 Å². The van der Waals surface area contributed by atoms with Gasteiger partial charge in [0.2, 0.25) is 0 Å². The number of carbonyl (C=O) groups is 1. The molecule has 0 bridgehead atoms. The van der Waals surface area contributed by atoms with Crippen LogP contribution in [0.1, 0.15) is 29.9 Å². The Kier molecular flexibility index (Phi) is 5.34. The van der Waals surface area contributed by atoms with E-state index in [0.717, 1.165) is 24.7 Å². The van der Waals surface area contributed by atoms with Crippen molar-refractivity contribution in [2.75, 3.05) is 31.1 Å². The first-order valence-corrected chi connectivity index (χ1v) is 9.82. The molecule has 29 heavy (non-hydrogen) atoms. The largest absolute Gasteiger partial charge is 0.369 e. The van der Waals surface area contributed by atoms with E-state index in [1.165, 1.54) is 6.07 Å². The number of hydrogen-bond donors (Lipinski definition) is 1. The fraction of sp³-hybridized carbons (Fsp3) is 0.364. The number of nitrogens with one attached hydrogen (secondary N) is 1. The van der Waals surface area contributed by atoms with E-state index in [-0.39, 0.29) is 18.0 Å². The van der Waals surface area contributed by atoms with E-state index < -0.39 is 11.6 Å². The average molecular weight is 396 g/mol. The molecule has 0 radical (unpaired) electrons. The first-order valence-electron chi connectivity index (χ1n) is 9.82. The van der Waals surface area contributed by atoms with E-state index in [1.54, 1.807) is 17.0 Å². The number of benzene rings is 2. The molecule has 1 saturated carbocycles. The second kappa shape index (κ2) is 8.08. The molecule has 0 aromatic heterocycles. The highest BCUT2D eigenvalue weighted by Crippen LogP contribution is 2.42. The lowest BCUT2D eigenvalue weighted by atomic mass is 10.1. The molecule has 1 heterocycles. The lowest BCUT2D eigenvalue weighted by molar-refractivity contribution is 0.200. The SMILES string of the molecule is N#Cc1ccccc1N1CCCN(C(=O)N[C@H]2C[C@H]2c2cccc(F)c2F)CC1. The number of amides is 2. The summed E-state index contributed by atoms with van der Waals surface area (Å²) in [7, 11) is 0. The maximum atomic E-state index is 14.0. The molecule has 2 atom stereocenters. The molecule has 2 fully saturated rings. The van der Waals surface area contributed by atoms with Gasteiger partial charge in [-0.2, -0.15) is 5.26 Å². The molecule has 0 unspecified atom stereocenters. The minimum absolute atomic E-state index is 0.169. The number of hydrogen-bond acceptors (Lipinski definition) is 3. The van der Waals surface area contributed by atoms with Gasteiger partial charge in [0, 0.05) is 38.1 Å². The number of nitrogens with zero attached hydrogens (tertiary/aromatic N) is 3. The predicted octanol–water partition coefficient (Wildman–Crippen LogP) is 3.61. The highest BCUT2D eigenvalue weighted by atomic mass is 19.2. The molecule has 1 aliphatic heterocycles. The van der Waals surface area contributed by atoms with Crippen LogP contribution in [0.2, 0.25) is 0 Å². The van der Waals surface area contributed by atoms with E-state index >= 15 is 0 Å². The van der Waals surface area contributed by atoms with Gasteiger partial charge < -0.3 is 15.1 Å². The lowest BCUT2D eigenvalue weighted by Crippen LogP contribution is -2.43. The maximum Gasteiger partial charge on any atom is 0.317 e. The number of nitriles is 1. The van der Waals surface area contributed by atoms with Crippen LogP contribution >= 0.6 is 0 Å². The van der Waals surface area contributed by atoms with Gasteiger partial charge in [0.15, 0.2) is 11.6 Å². The number of anilines is 1. The van der Waals surface area contributed by atoms with E-state index in [2.05, 4.69) is 16.3 Å². The summed E-state index contributed by atoms with van der Waals surface area (Å²) in [5.41, 5.74) is 1.84. The molecule has 7 heteroatoms. The quantitative estimate of drug-likeness (QED) is 0.862. The van der Waals surface area contributed by atoms with Crippen molar-refractivity contribution in [1.82, 2.24) is 10.2 Å². The predicted molar refractivity (Wildman–Crippen MR) is 106 cm³/mol. The minimum Gasteiger partial charge on any atom is -0.369 e. The second-order valence-corrected chi connectivity index (χ2v) is 7.50. The highest BCUT2D eigenvalue weighted by molar-refractivity contribution is 5.75. The molecule has 1 aliphatic carbocycles. The van der Waals surface area contributed by atoms with Gasteiger partial charge in [-0.25, -0.2) is 13.6 Å². The summed E-state index contributed by atoms with van der Waals surface area (Å²) in [5.74, 6) is -1.86. The summed E-state index contributed by atoms with van der Waals surface area (Å²) < 4.78 is 27.4. The van der Waals surface area contributed by atoms with E-state index in [0.29, 0.717) is 37.2 Å². The third-order valence-electron chi connectivity index (χ3n) is 5.63. The zero-order chi connectivity index (χ0) is 20.4. The highest BCUT2D eigenvalue weighted by Gasteiger charge is 2.42. The number of halogens is 2. The van der Waals surface area contributed by atoms with Crippen LogP contribution in [-0.4, -0.2) is 43.2 Å². The zero-order valence-corrected chi connectivity index (χ0v) is 15.9. The minimum atomic E-state index is -0.857. The van der Waals surface area contributed by atoms with Gasteiger partial charge in [0.1, 0.15) is 6.07 Å². The van der Waals surface area contributed by atoms with E-state index in [9.17, 15) is 18.8 Å². The second-order valence-electron chi connectivity index (χ2n) is 7.50. The monoisotopic (exact) mass is 396 g/mol. The molecule has 2 amide bonds. The molecule has 2 aromatic carbocycles. The molecular weight excluding hydrogens is 374 g/mol. The molecule has 0 spiro atoms. The molecule has 1 N–H and O–H groups in total. The third kappa shape index (κ3) is 4.02. The van der Waals surface area contributed by atoms with Crippen molar-refractivity contribution in [1.29, 1.82) is 5.26 Å². The van der Waals surface area contributed by atoms with Gasteiger partial charge in [-0.3, -0.25) is 0 Å². The summed E-state index contributed by atoms with van der Waals surface area (Å²) in [6.45, 7) is 2.56. The maximum absolute atomic E-state index is 14.0. The Morgan fingerprint density at radius 1 is 1.07 bits per heavy atom. The third-order valence-corrected chi connectivity index (χ3v) is 5.63. The van der Waals surface area contributed by atoms with Crippen molar-refractivity contribution < 1.29 is 13.6 Å². The van der Waals surface area contributed by atoms with Crippen LogP contribution in [0.4, 0.5) is 19.3 Å². The fourth-order valence-corrected chi connectivity index (χ4v) is 3.96. The van der Waals surface area contributed by atoms with Gasteiger partial charge in [0.05, 0.1) is 11.3 Å². The number of para-hydroxylation sites is 1. The van der Waals surface area contributed by atoms with Crippen molar-refractivity contribution in [3.63, 3.8) is 0 Å². The molecule has 5 nitrogen and oxygen atoms in total. The Labute approximate surface area is 168 Å². The van der Waals surface area contributed by atoms with Gasteiger partial charge in [-0.05, 0) is 36.6 Å². The number of carbonyl (C=O) groups excluding carboxylic acids is 1. The summed E-state index contributed by atoms with van der Waals surface area (Å²) in [6.07, 6.45) is 1.40. The fourth-order valence-electron chi connectivity index (χ4n) is 3.96. The smallest absolute Gasteiger partial charge is 0.317 e. The number of urea groups is 1. The standard InChI is InChI=1S/C22H22F2N4O/c23-18-7-3-6-16(21(18)24)17-13-19(17)26-22(29)28-10-4-9-27(11-12-28)20-8-2-1-5-15(20)14-25/h1-3,5-8,17,19H,4,9-13H2,(H,26,29)/t17-,19-/m0/s1. The Bertz CT molecular complexity index is 958. The van der Waals surface area contributed by atoms with Gasteiger partial charge in [-0.1, -0.05) is 24.3 Å². The Balaban J connectivity index is 1.35. The van der Waals surface area contributed by atoms with Crippen molar-refractivity contribution in [3.05, 3.63) is 65.2 Å². The zero-order valence-electron chi connectivity index (χ0n) is 15.9. The summed E-state index contributed by atoms with van der Waals surface area (Å²) >= 11 is 0. The topological polar surface area (TPSA) is 59.4 Å². The lowest BCUT2D eigenvalue weighted by Gasteiger charge is -2.24. The summed E-state index contributed by atoms with van der Waals surface area (Å²) in [5, 5.41) is 12.3. The molecule has 2 aromatic rings. The van der Waals surface area contributed by atoms with Crippen LogP contribution < -0.4 is 10.2 Å². The van der Waals surface area contributed by atoms with Gasteiger partial charge >= 0.3 is 6.03 Å². The van der Waals surface area contributed by atoms with Crippen LogP contribution in [0.3, 0.4) is 0 Å².